The molecular weight excluding hydrogens is 298 g/mol. The Morgan fingerprint density at radius 1 is 1.17 bits per heavy atom. The molecule has 1 rings (SSSR count). The SMILES string of the molecule is CCCN[C@H](C(=O)N[C@@H](CC(=O)O)C(=O)N1CCCC1)C(C)C. The fourth-order valence-electron chi connectivity index (χ4n) is 2.73. The number of carboxylic acid groups (broad SMARTS) is 1. The number of nitrogens with zero attached hydrogens (tertiary/aromatic N) is 1. The van der Waals surface area contributed by atoms with Crippen LogP contribution in [0.15, 0.2) is 0 Å². The first-order valence-electron chi connectivity index (χ1n) is 8.41. The van der Waals surface area contributed by atoms with Crippen molar-refractivity contribution in [2.45, 2.75) is 58.5 Å². The second-order valence-electron chi connectivity index (χ2n) is 6.37. The van der Waals surface area contributed by atoms with Crippen LogP contribution in [0.4, 0.5) is 0 Å². The lowest BCUT2D eigenvalue weighted by atomic mass is 10.0. The molecule has 2 amide bonds. The Labute approximate surface area is 137 Å². The lowest BCUT2D eigenvalue weighted by Crippen LogP contribution is -2.55. The lowest BCUT2D eigenvalue weighted by Gasteiger charge is -2.27. The smallest absolute Gasteiger partial charge is 0.305 e. The van der Waals surface area contributed by atoms with Gasteiger partial charge in [0.15, 0.2) is 0 Å². The van der Waals surface area contributed by atoms with Crippen LogP contribution in [0.25, 0.3) is 0 Å². The number of likely N-dealkylation sites (tertiary alicyclic amines) is 1. The molecule has 3 N–H and O–H groups in total. The first-order valence-corrected chi connectivity index (χ1v) is 8.41. The Morgan fingerprint density at radius 3 is 2.26 bits per heavy atom. The van der Waals surface area contributed by atoms with Gasteiger partial charge >= 0.3 is 5.97 Å². The van der Waals surface area contributed by atoms with E-state index >= 15 is 0 Å². The van der Waals surface area contributed by atoms with E-state index in [2.05, 4.69) is 10.6 Å². The second kappa shape index (κ2) is 9.50. The molecule has 0 bridgehead atoms. The predicted octanol–water partition coefficient (Wildman–Crippen LogP) is 0.593. The van der Waals surface area contributed by atoms with Crippen molar-refractivity contribution < 1.29 is 19.5 Å². The van der Waals surface area contributed by atoms with Gasteiger partial charge in [0.1, 0.15) is 6.04 Å². The number of hydrogen-bond acceptors (Lipinski definition) is 4. The van der Waals surface area contributed by atoms with Gasteiger partial charge < -0.3 is 20.6 Å². The van der Waals surface area contributed by atoms with Crippen molar-refractivity contribution in [1.82, 2.24) is 15.5 Å². The zero-order valence-electron chi connectivity index (χ0n) is 14.3. The molecule has 0 aromatic heterocycles. The van der Waals surface area contributed by atoms with Crippen molar-refractivity contribution in [2.24, 2.45) is 5.92 Å². The van der Waals surface area contributed by atoms with E-state index in [1.807, 2.05) is 20.8 Å². The van der Waals surface area contributed by atoms with E-state index in [1.54, 1.807) is 4.90 Å². The largest absolute Gasteiger partial charge is 0.481 e. The molecule has 1 saturated heterocycles. The first kappa shape index (κ1) is 19.4. The predicted molar refractivity (Wildman–Crippen MR) is 86.9 cm³/mol. The Kier molecular flexibility index (Phi) is 8.02. The highest BCUT2D eigenvalue weighted by atomic mass is 16.4. The minimum atomic E-state index is -1.09. The average molecular weight is 327 g/mol. The summed E-state index contributed by atoms with van der Waals surface area (Å²) in [6, 6.07) is -1.43. The molecule has 0 aromatic rings. The summed E-state index contributed by atoms with van der Waals surface area (Å²) in [7, 11) is 0. The van der Waals surface area contributed by atoms with Crippen LogP contribution in [0, 0.1) is 5.92 Å². The molecular formula is C16H29N3O4. The number of carboxylic acids is 1. The van der Waals surface area contributed by atoms with Gasteiger partial charge in [-0.05, 0) is 31.7 Å². The van der Waals surface area contributed by atoms with E-state index in [9.17, 15) is 14.4 Å². The molecule has 1 aliphatic rings. The van der Waals surface area contributed by atoms with Gasteiger partial charge in [0, 0.05) is 13.1 Å². The average Bonchev–Trinajstić information content (AvgIpc) is 2.99. The molecule has 0 aliphatic carbocycles. The van der Waals surface area contributed by atoms with Crippen LogP contribution < -0.4 is 10.6 Å². The molecule has 23 heavy (non-hydrogen) atoms. The lowest BCUT2D eigenvalue weighted by molar-refractivity contribution is -0.143. The van der Waals surface area contributed by atoms with Crippen LogP contribution >= 0.6 is 0 Å². The molecule has 0 unspecified atom stereocenters. The third-order valence-corrected chi connectivity index (χ3v) is 3.97. The van der Waals surface area contributed by atoms with Gasteiger partial charge in [0.05, 0.1) is 12.5 Å². The molecule has 0 aromatic carbocycles. The van der Waals surface area contributed by atoms with Gasteiger partial charge in [-0.1, -0.05) is 20.8 Å². The quantitative estimate of drug-likeness (QED) is 0.576. The molecule has 1 fully saturated rings. The van der Waals surface area contributed by atoms with E-state index in [0.29, 0.717) is 19.6 Å². The minimum Gasteiger partial charge on any atom is -0.481 e. The summed E-state index contributed by atoms with van der Waals surface area (Å²) in [5.41, 5.74) is 0. The van der Waals surface area contributed by atoms with Crippen molar-refractivity contribution in [3.8, 4) is 0 Å². The van der Waals surface area contributed by atoms with Gasteiger partial charge in [-0.2, -0.15) is 0 Å². The van der Waals surface area contributed by atoms with Crippen molar-refractivity contribution in [2.75, 3.05) is 19.6 Å². The minimum absolute atomic E-state index is 0.0499. The molecule has 1 aliphatic heterocycles. The van der Waals surface area contributed by atoms with Crippen molar-refractivity contribution in [1.29, 1.82) is 0 Å². The van der Waals surface area contributed by atoms with E-state index in [1.165, 1.54) is 0 Å². The Balaban J connectivity index is 2.75. The maximum absolute atomic E-state index is 12.5. The number of rotatable bonds is 9. The number of nitrogens with one attached hydrogen (secondary N) is 2. The van der Waals surface area contributed by atoms with E-state index in [0.717, 1.165) is 19.3 Å². The van der Waals surface area contributed by atoms with Crippen LogP contribution in [0.5, 0.6) is 0 Å². The summed E-state index contributed by atoms with van der Waals surface area (Å²) in [6.07, 6.45) is 2.35. The fraction of sp³-hybridized carbons (Fsp3) is 0.812. The Hall–Kier alpha value is -1.63. The molecule has 1 heterocycles. The molecule has 7 heteroatoms. The normalized spacial score (nSPS) is 17.1. The third kappa shape index (κ3) is 6.17. The van der Waals surface area contributed by atoms with E-state index in [4.69, 9.17) is 5.11 Å². The number of hydrogen-bond donors (Lipinski definition) is 3. The van der Waals surface area contributed by atoms with Crippen LogP contribution in [0.3, 0.4) is 0 Å². The highest BCUT2D eigenvalue weighted by Crippen LogP contribution is 2.11. The van der Waals surface area contributed by atoms with Crippen LogP contribution in [-0.2, 0) is 14.4 Å². The van der Waals surface area contributed by atoms with Gasteiger partial charge in [-0.25, -0.2) is 0 Å². The maximum atomic E-state index is 12.5. The van der Waals surface area contributed by atoms with Crippen LogP contribution in [-0.4, -0.2) is 59.5 Å². The van der Waals surface area contributed by atoms with Crippen molar-refractivity contribution in [3.63, 3.8) is 0 Å². The van der Waals surface area contributed by atoms with E-state index in [-0.39, 0.29) is 24.2 Å². The second-order valence-corrected chi connectivity index (χ2v) is 6.37. The maximum Gasteiger partial charge on any atom is 0.305 e. The number of carbonyl (C=O) groups excluding carboxylic acids is 2. The number of carbonyl (C=O) groups is 3. The molecule has 132 valence electrons. The molecule has 7 nitrogen and oxygen atoms in total. The van der Waals surface area contributed by atoms with Crippen molar-refractivity contribution >= 4 is 17.8 Å². The van der Waals surface area contributed by atoms with Crippen molar-refractivity contribution in [3.05, 3.63) is 0 Å². The fourth-order valence-corrected chi connectivity index (χ4v) is 2.73. The summed E-state index contributed by atoms with van der Waals surface area (Å²) < 4.78 is 0. The van der Waals surface area contributed by atoms with Gasteiger partial charge in [0.25, 0.3) is 0 Å². The summed E-state index contributed by atoms with van der Waals surface area (Å²) in [4.78, 5) is 37.6. The summed E-state index contributed by atoms with van der Waals surface area (Å²) in [5, 5.41) is 14.8. The number of aliphatic carboxylic acids is 1. The highest BCUT2D eigenvalue weighted by molar-refractivity contribution is 5.92. The van der Waals surface area contributed by atoms with Crippen LogP contribution in [0.1, 0.15) is 46.5 Å². The summed E-state index contributed by atoms with van der Waals surface area (Å²) in [6.45, 7) is 7.80. The molecule has 0 spiro atoms. The topological polar surface area (TPSA) is 98.7 Å². The summed E-state index contributed by atoms with van der Waals surface area (Å²) in [5.74, 6) is -1.65. The van der Waals surface area contributed by atoms with E-state index < -0.39 is 18.1 Å². The Morgan fingerprint density at radius 2 is 1.78 bits per heavy atom. The standard InChI is InChI=1S/C16H29N3O4/c1-4-7-17-14(11(2)3)15(22)18-12(10-13(20)21)16(23)19-8-5-6-9-19/h11-12,14,17H,4-10H2,1-3H3,(H,18,22)(H,20,21)/t12-,14-/m0/s1. The van der Waals surface area contributed by atoms with Gasteiger partial charge in [-0.15, -0.1) is 0 Å². The molecule has 0 saturated carbocycles. The number of amides is 2. The van der Waals surface area contributed by atoms with Crippen LogP contribution in [0.2, 0.25) is 0 Å². The van der Waals surface area contributed by atoms with Gasteiger partial charge in [0.2, 0.25) is 11.8 Å². The summed E-state index contributed by atoms with van der Waals surface area (Å²) >= 11 is 0. The highest BCUT2D eigenvalue weighted by Gasteiger charge is 2.32. The Bertz CT molecular complexity index is 420. The molecule has 2 atom stereocenters. The third-order valence-electron chi connectivity index (χ3n) is 3.97. The zero-order chi connectivity index (χ0) is 17.4. The monoisotopic (exact) mass is 327 g/mol. The van der Waals surface area contributed by atoms with Gasteiger partial charge in [-0.3, -0.25) is 14.4 Å². The zero-order valence-corrected chi connectivity index (χ0v) is 14.3. The first-order chi connectivity index (χ1) is 10.9. The molecule has 0 radical (unpaired) electrons.